The Morgan fingerprint density at radius 3 is 2.31 bits per heavy atom. The number of nitrogens with zero attached hydrogens (tertiary/aromatic N) is 3. The molecule has 1 N–H and O–H groups in total. The molecule has 0 fully saturated rings. The van der Waals surface area contributed by atoms with Gasteiger partial charge in [-0.3, -0.25) is 9.36 Å². The number of fused-ring (bicyclic) bond motifs is 1. The van der Waals surface area contributed by atoms with Crippen LogP contribution in [0.5, 0.6) is 5.75 Å². The number of aromatic nitrogens is 4. The van der Waals surface area contributed by atoms with E-state index in [0.717, 1.165) is 12.1 Å². The number of halogens is 6. The normalized spacial score (nSPS) is 11.7. The van der Waals surface area contributed by atoms with E-state index in [4.69, 9.17) is 34.8 Å². The molecule has 0 saturated carbocycles. The minimum atomic E-state index is -4.89. The molecule has 5 rings (SSSR count). The molecule has 182 valence electrons. The molecule has 0 aliphatic carbocycles. The first-order valence-electron chi connectivity index (χ1n) is 10.2. The van der Waals surface area contributed by atoms with Crippen molar-refractivity contribution in [2.45, 2.75) is 6.36 Å². The molecule has 5 aromatic rings. The number of nitrogens with one attached hydrogen (secondary N) is 1. The van der Waals surface area contributed by atoms with Crippen LogP contribution >= 0.6 is 34.8 Å². The van der Waals surface area contributed by atoms with Crippen molar-refractivity contribution in [1.29, 1.82) is 0 Å². The number of rotatable bonds is 4. The lowest BCUT2D eigenvalue weighted by Gasteiger charge is -2.13. The lowest BCUT2D eigenvalue weighted by Crippen LogP contribution is -2.17. The van der Waals surface area contributed by atoms with Crippen LogP contribution in [0.15, 0.2) is 71.5 Å². The first-order valence-corrected chi connectivity index (χ1v) is 11.3. The van der Waals surface area contributed by atoms with E-state index in [-0.39, 0.29) is 33.5 Å². The molecule has 0 radical (unpaired) electrons. The average Bonchev–Trinajstić information content (AvgIpc) is 3.19. The van der Waals surface area contributed by atoms with Gasteiger partial charge >= 0.3 is 6.36 Å². The Morgan fingerprint density at radius 1 is 0.889 bits per heavy atom. The predicted octanol–water partition coefficient (Wildman–Crippen LogP) is 7.30. The van der Waals surface area contributed by atoms with Crippen molar-refractivity contribution in [2.24, 2.45) is 0 Å². The van der Waals surface area contributed by atoms with Crippen molar-refractivity contribution in [3.05, 3.63) is 92.2 Å². The third kappa shape index (κ3) is 4.77. The van der Waals surface area contributed by atoms with Gasteiger partial charge in [0.25, 0.3) is 5.56 Å². The molecule has 0 unspecified atom stereocenters. The summed E-state index contributed by atoms with van der Waals surface area (Å²) >= 11 is 18.3. The standard InChI is InChI=1S/C24H12Cl3F3N4O2/c25-13-6-4-12(5-7-13)22-32-21-19(34(22)15-2-1-3-16(11-15)36-24(28,29)30)23(35)33-20(31-21)17-9-8-14(26)10-18(17)27/h1-11H,(H,31,33,35). The SMILES string of the molecule is O=c1[nH]c(-c2ccc(Cl)cc2Cl)nc2nc(-c3ccc(Cl)cc3)n(-c3cccc(OC(F)(F)F)c3)c12. The van der Waals surface area contributed by atoms with Crippen molar-refractivity contribution in [3.8, 4) is 34.2 Å². The van der Waals surface area contributed by atoms with Crippen LogP contribution in [0.2, 0.25) is 15.1 Å². The number of alkyl halides is 3. The molecule has 2 heterocycles. The fourth-order valence-corrected chi connectivity index (χ4v) is 4.29. The minimum Gasteiger partial charge on any atom is -0.406 e. The van der Waals surface area contributed by atoms with Crippen LogP contribution in [-0.2, 0) is 0 Å². The molecule has 12 heteroatoms. The molecule has 3 aromatic carbocycles. The third-order valence-corrected chi connectivity index (χ3v) is 5.92. The number of ether oxygens (including phenoxy) is 1. The topological polar surface area (TPSA) is 72.8 Å². The smallest absolute Gasteiger partial charge is 0.406 e. The number of hydrogen-bond acceptors (Lipinski definition) is 4. The Kier molecular flexibility index (Phi) is 6.15. The maximum absolute atomic E-state index is 13.3. The summed E-state index contributed by atoms with van der Waals surface area (Å²) in [6.45, 7) is 0. The number of aromatic amines is 1. The highest BCUT2D eigenvalue weighted by atomic mass is 35.5. The van der Waals surface area contributed by atoms with Gasteiger partial charge in [0.1, 0.15) is 17.4 Å². The third-order valence-electron chi connectivity index (χ3n) is 5.12. The molecule has 0 saturated heterocycles. The van der Waals surface area contributed by atoms with E-state index in [0.29, 0.717) is 21.2 Å². The van der Waals surface area contributed by atoms with Crippen molar-refractivity contribution < 1.29 is 17.9 Å². The van der Waals surface area contributed by atoms with Crippen molar-refractivity contribution in [1.82, 2.24) is 19.5 Å². The molecule has 36 heavy (non-hydrogen) atoms. The van der Waals surface area contributed by atoms with Crippen LogP contribution in [0.3, 0.4) is 0 Å². The Labute approximate surface area is 215 Å². The molecular formula is C24H12Cl3F3N4O2. The van der Waals surface area contributed by atoms with E-state index in [1.165, 1.54) is 22.8 Å². The largest absolute Gasteiger partial charge is 0.573 e. The number of imidazole rings is 1. The van der Waals surface area contributed by atoms with E-state index in [1.807, 2.05) is 0 Å². The molecule has 0 atom stereocenters. The molecule has 2 aromatic heterocycles. The Hall–Kier alpha value is -3.53. The van der Waals surface area contributed by atoms with E-state index >= 15 is 0 Å². The second kappa shape index (κ2) is 9.16. The van der Waals surface area contributed by atoms with Crippen molar-refractivity contribution in [2.75, 3.05) is 0 Å². The highest BCUT2D eigenvalue weighted by Gasteiger charge is 2.31. The molecular weight excluding hydrogens is 540 g/mol. The van der Waals surface area contributed by atoms with Crippen LogP contribution in [0.1, 0.15) is 0 Å². The van der Waals surface area contributed by atoms with E-state index in [9.17, 15) is 18.0 Å². The summed E-state index contributed by atoms with van der Waals surface area (Å²) in [7, 11) is 0. The van der Waals surface area contributed by atoms with Gasteiger partial charge in [-0.25, -0.2) is 9.97 Å². The van der Waals surface area contributed by atoms with Crippen LogP contribution in [0, 0.1) is 0 Å². The molecule has 0 spiro atoms. The molecule has 0 aliphatic rings. The zero-order valence-electron chi connectivity index (χ0n) is 17.8. The van der Waals surface area contributed by atoms with Gasteiger partial charge in [-0.05, 0) is 54.6 Å². The molecule has 6 nitrogen and oxygen atoms in total. The van der Waals surface area contributed by atoms with Gasteiger partial charge in [0, 0.05) is 27.2 Å². The quantitative estimate of drug-likeness (QED) is 0.254. The number of H-pyrrole nitrogens is 1. The average molecular weight is 552 g/mol. The van der Waals surface area contributed by atoms with E-state index in [1.54, 1.807) is 36.4 Å². The summed E-state index contributed by atoms with van der Waals surface area (Å²) in [5, 5.41) is 1.14. The van der Waals surface area contributed by atoms with Gasteiger partial charge in [-0.2, -0.15) is 0 Å². The van der Waals surface area contributed by atoms with Gasteiger partial charge in [0.05, 0.1) is 10.7 Å². The van der Waals surface area contributed by atoms with Crippen LogP contribution < -0.4 is 10.3 Å². The zero-order chi connectivity index (χ0) is 25.6. The highest BCUT2D eigenvalue weighted by Crippen LogP contribution is 2.32. The Morgan fingerprint density at radius 2 is 1.61 bits per heavy atom. The van der Waals surface area contributed by atoms with Gasteiger partial charge in [-0.15, -0.1) is 13.2 Å². The highest BCUT2D eigenvalue weighted by molar-refractivity contribution is 6.36. The summed E-state index contributed by atoms with van der Waals surface area (Å²) in [6, 6.07) is 16.5. The van der Waals surface area contributed by atoms with Gasteiger partial charge in [0.2, 0.25) is 0 Å². The Balaban J connectivity index is 1.77. The van der Waals surface area contributed by atoms with Crippen molar-refractivity contribution in [3.63, 3.8) is 0 Å². The second-order valence-corrected chi connectivity index (χ2v) is 8.81. The fourth-order valence-electron chi connectivity index (χ4n) is 3.66. The second-order valence-electron chi connectivity index (χ2n) is 7.53. The maximum Gasteiger partial charge on any atom is 0.573 e. The summed E-state index contributed by atoms with van der Waals surface area (Å²) in [5.74, 6) is -0.0586. The fraction of sp³-hybridized carbons (Fsp3) is 0.0417. The maximum atomic E-state index is 13.3. The van der Waals surface area contributed by atoms with Crippen LogP contribution in [-0.4, -0.2) is 25.9 Å². The van der Waals surface area contributed by atoms with Gasteiger partial charge in [0.15, 0.2) is 11.2 Å². The summed E-state index contributed by atoms with van der Waals surface area (Å²) in [5.41, 5.74) is 0.641. The first-order chi connectivity index (χ1) is 17.1. The lowest BCUT2D eigenvalue weighted by molar-refractivity contribution is -0.274. The van der Waals surface area contributed by atoms with Crippen LogP contribution in [0.4, 0.5) is 13.2 Å². The number of hydrogen-bond donors (Lipinski definition) is 1. The van der Waals surface area contributed by atoms with Gasteiger partial charge < -0.3 is 9.72 Å². The zero-order valence-corrected chi connectivity index (χ0v) is 20.0. The molecule has 0 aliphatic heterocycles. The first kappa shape index (κ1) is 24.2. The summed E-state index contributed by atoms with van der Waals surface area (Å²) < 4.78 is 44.0. The van der Waals surface area contributed by atoms with Crippen molar-refractivity contribution >= 4 is 46.0 Å². The molecule has 0 bridgehead atoms. The van der Waals surface area contributed by atoms with E-state index < -0.39 is 17.7 Å². The summed E-state index contributed by atoms with van der Waals surface area (Å²) in [4.78, 5) is 25.0. The number of benzene rings is 3. The monoisotopic (exact) mass is 550 g/mol. The summed E-state index contributed by atoms with van der Waals surface area (Å²) in [6.07, 6.45) is -4.89. The Bertz CT molecular complexity index is 1660. The van der Waals surface area contributed by atoms with E-state index in [2.05, 4.69) is 19.7 Å². The molecule has 0 amide bonds. The lowest BCUT2D eigenvalue weighted by atomic mass is 10.2. The minimum absolute atomic E-state index is 0.0120. The van der Waals surface area contributed by atoms with Gasteiger partial charge in [-0.1, -0.05) is 40.9 Å². The predicted molar refractivity (Wildman–Crippen MR) is 132 cm³/mol. The van der Waals surface area contributed by atoms with Crippen LogP contribution in [0.25, 0.3) is 39.6 Å².